The Balaban J connectivity index is 1.90. The standard InChI is InChI=1S/C13H17N3O2/c17-12(9-2-1-5-14-7-9)8-3-4-10-11(6-8)16-13(18)15-10/h3-4,6,9,12,14,17H,1-2,5,7H2,(H2,15,16,18). The Morgan fingerprint density at radius 1 is 1.28 bits per heavy atom. The lowest BCUT2D eigenvalue weighted by atomic mass is 9.89. The Bertz CT molecular complexity index is 596. The monoisotopic (exact) mass is 247 g/mol. The number of benzene rings is 1. The fourth-order valence-corrected chi connectivity index (χ4v) is 2.65. The summed E-state index contributed by atoms with van der Waals surface area (Å²) < 4.78 is 0. The van der Waals surface area contributed by atoms with Gasteiger partial charge >= 0.3 is 5.69 Å². The molecule has 5 heteroatoms. The Hall–Kier alpha value is -1.59. The van der Waals surface area contributed by atoms with Crippen molar-refractivity contribution >= 4 is 11.0 Å². The highest BCUT2D eigenvalue weighted by Crippen LogP contribution is 2.28. The van der Waals surface area contributed by atoms with Crippen LogP contribution in [-0.4, -0.2) is 28.2 Å². The molecule has 1 aromatic heterocycles. The number of piperidine rings is 1. The van der Waals surface area contributed by atoms with E-state index in [0.717, 1.165) is 42.5 Å². The first-order valence-electron chi connectivity index (χ1n) is 6.35. The lowest BCUT2D eigenvalue weighted by molar-refractivity contribution is 0.0923. The Morgan fingerprint density at radius 2 is 2.11 bits per heavy atom. The molecule has 1 saturated heterocycles. The van der Waals surface area contributed by atoms with Crippen LogP contribution in [0.2, 0.25) is 0 Å². The molecule has 2 unspecified atom stereocenters. The summed E-state index contributed by atoms with van der Waals surface area (Å²) in [5.41, 5.74) is 2.18. The number of rotatable bonds is 2. The van der Waals surface area contributed by atoms with E-state index >= 15 is 0 Å². The van der Waals surface area contributed by atoms with E-state index in [-0.39, 0.29) is 11.6 Å². The quantitative estimate of drug-likeness (QED) is 0.636. The molecule has 5 nitrogen and oxygen atoms in total. The van der Waals surface area contributed by atoms with Gasteiger partial charge in [-0.05, 0) is 37.1 Å². The molecule has 0 saturated carbocycles. The second-order valence-electron chi connectivity index (χ2n) is 4.94. The van der Waals surface area contributed by atoms with Crippen LogP contribution in [0.25, 0.3) is 11.0 Å². The smallest absolute Gasteiger partial charge is 0.323 e. The summed E-state index contributed by atoms with van der Waals surface area (Å²) in [6, 6.07) is 5.57. The van der Waals surface area contributed by atoms with Gasteiger partial charge in [0.15, 0.2) is 0 Å². The molecule has 0 amide bonds. The number of hydrogen-bond donors (Lipinski definition) is 4. The molecule has 1 aliphatic rings. The zero-order valence-corrected chi connectivity index (χ0v) is 10.1. The molecule has 0 bridgehead atoms. The van der Waals surface area contributed by atoms with E-state index in [4.69, 9.17) is 0 Å². The van der Waals surface area contributed by atoms with Crippen LogP contribution in [0.5, 0.6) is 0 Å². The Labute approximate surface area is 104 Å². The minimum atomic E-state index is -0.472. The van der Waals surface area contributed by atoms with Crippen molar-refractivity contribution in [3.63, 3.8) is 0 Å². The van der Waals surface area contributed by atoms with Crippen LogP contribution in [-0.2, 0) is 0 Å². The van der Waals surface area contributed by atoms with Gasteiger partial charge in [0.05, 0.1) is 17.1 Å². The lowest BCUT2D eigenvalue weighted by Crippen LogP contribution is -2.33. The maximum atomic E-state index is 11.2. The number of aliphatic hydroxyl groups excluding tert-OH is 1. The fraction of sp³-hybridized carbons (Fsp3) is 0.462. The molecule has 2 heterocycles. The summed E-state index contributed by atoms with van der Waals surface area (Å²) in [6.07, 6.45) is 1.67. The molecule has 1 aromatic carbocycles. The summed E-state index contributed by atoms with van der Waals surface area (Å²) in [5.74, 6) is 0.252. The molecule has 18 heavy (non-hydrogen) atoms. The molecule has 0 spiro atoms. The van der Waals surface area contributed by atoms with Crippen LogP contribution in [0, 0.1) is 5.92 Å². The van der Waals surface area contributed by atoms with Gasteiger partial charge in [-0.25, -0.2) is 4.79 Å². The maximum Gasteiger partial charge on any atom is 0.323 e. The average Bonchev–Trinajstić information content (AvgIpc) is 2.78. The highest BCUT2D eigenvalue weighted by Gasteiger charge is 2.23. The third-order valence-electron chi connectivity index (χ3n) is 3.66. The number of aliphatic hydroxyl groups is 1. The second-order valence-corrected chi connectivity index (χ2v) is 4.94. The van der Waals surface area contributed by atoms with Gasteiger partial charge in [-0.3, -0.25) is 0 Å². The third kappa shape index (κ3) is 2.07. The van der Waals surface area contributed by atoms with E-state index < -0.39 is 6.10 Å². The minimum Gasteiger partial charge on any atom is -0.388 e. The van der Waals surface area contributed by atoms with Crippen molar-refractivity contribution in [2.45, 2.75) is 18.9 Å². The Kier molecular flexibility index (Phi) is 2.93. The zero-order valence-electron chi connectivity index (χ0n) is 10.1. The summed E-state index contributed by atoms with van der Waals surface area (Å²) in [4.78, 5) is 16.6. The number of aromatic nitrogens is 2. The van der Waals surface area contributed by atoms with E-state index in [2.05, 4.69) is 15.3 Å². The molecule has 1 aliphatic heterocycles. The first kappa shape index (κ1) is 11.5. The first-order chi connectivity index (χ1) is 8.74. The molecule has 2 aromatic rings. The third-order valence-corrected chi connectivity index (χ3v) is 3.66. The molecule has 96 valence electrons. The highest BCUT2D eigenvalue weighted by atomic mass is 16.3. The van der Waals surface area contributed by atoms with Crippen molar-refractivity contribution in [2.24, 2.45) is 5.92 Å². The number of hydrogen-bond acceptors (Lipinski definition) is 3. The minimum absolute atomic E-state index is 0.212. The van der Waals surface area contributed by atoms with E-state index in [1.54, 1.807) is 0 Å². The van der Waals surface area contributed by atoms with Crippen molar-refractivity contribution in [3.05, 3.63) is 34.2 Å². The van der Waals surface area contributed by atoms with Gasteiger partial charge in [0.1, 0.15) is 0 Å². The predicted octanol–water partition coefficient (Wildman–Crippen LogP) is 0.889. The molecule has 1 fully saturated rings. The van der Waals surface area contributed by atoms with Crippen LogP contribution in [0.1, 0.15) is 24.5 Å². The SMILES string of the molecule is O=c1[nH]c2ccc(C(O)C3CCCNC3)cc2[nH]1. The van der Waals surface area contributed by atoms with Crippen molar-refractivity contribution in [3.8, 4) is 0 Å². The molecule has 3 rings (SSSR count). The van der Waals surface area contributed by atoms with E-state index in [9.17, 15) is 9.90 Å². The van der Waals surface area contributed by atoms with Gasteiger partial charge in [0.2, 0.25) is 0 Å². The predicted molar refractivity (Wildman–Crippen MR) is 69.5 cm³/mol. The lowest BCUT2D eigenvalue weighted by Gasteiger charge is -2.27. The second kappa shape index (κ2) is 4.59. The Morgan fingerprint density at radius 3 is 2.89 bits per heavy atom. The van der Waals surface area contributed by atoms with Crippen LogP contribution in [0.4, 0.5) is 0 Å². The highest BCUT2D eigenvalue weighted by molar-refractivity contribution is 5.75. The number of aromatic amines is 2. The number of fused-ring (bicyclic) bond motifs is 1. The van der Waals surface area contributed by atoms with Crippen LogP contribution in [0.3, 0.4) is 0 Å². The van der Waals surface area contributed by atoms with E-state index in [0.29, 0.717) is 0 Å². The average molecular weight is 247 g/mol. The number of H-pyrrole nitrogens is 2. The van der Waals surface area contributed by atoms with Crippen molar-refractivity contribution in [1.82, 2.24) is 15.3 Å². The summed E-state index contributed by atoms with van der Waals surface area (Å²) >= 11 is 0. The van der Waals surface area contributed by atoms with Crippen LogP contribution in [0.15, 0.2) is 23.0 Å². The molecular formula is C13H17N3O2. The van der Waals surface area contributed by atoms with Crippen molar-refractivity contribution < 1.29 is 5.11 Å². The van der Waals surface area contributed by atoms with Gasteiger partial charge < -0.3 is 20.4 Å². The van der Waals surface area contributed by atoms with E-state index in [1.165, 1.54) is 0 Å². The maximum absolute atomic E-state index is 11.2. The van der Waals surface area contributed by atoms with Gasteiger partial charge in [-0.1, -0.05) is 6.07 Å². The number of imidazole rings is 1. The summed E-state index contributed by atoms with van der Waals surface area (Å²) in [6.45, 7) is 1.89. The summed E-state index contributed by atoms with van der Waals surface area (Å²) in [5, 5.41) is 13.7. The van der Waals surface area contributed by atoms with Gasteiger partial charge in [-0.2, -0.15) is 0 Å². The topological polar surface area (TPSA) is 80.9 Å². The van der Waals surface area contributed by atoms with Gasteiger partial charge in [0, 0.05) is 12.5 Å². The van der Waals surface area contributed by atoms with Gasteiger partial charge in [-0.15, -0.1) is 0 Å². The largest absolute Gasteiger partial charge is 0.388 e. The van der Waals surface area contributed by atoms with Gasteiger partial charge in [0.25, 0.3) is 0 Å². The van der Waals surface area contributed by atoms with Crippen molar-refractivity contribution in [2.75, 3.05) is 13.1 Å². The molecule has 0 radical (unpaired) electrons. The summed E-state index contributed by atoms with van der Waals surface area (Å²) in [7, 11) is 0. The van der Waals surface area contributed by atoms with Crippen LogP contribution < -0.4 is 11.0 Å². The van der Waals surface area contributed by atoms with Crippen LogP contribution >= 0.6 is 0 Å². The van der Waals surface area contributed by atoms with E-state index in [1.807, 2.05) is 18.2 Å². The fourth-order valence-electron chi connectivity index (χ4n) is 2.65. The normalized spacial score (nSPS) is 22.2. The molecule has 0 aliphatic carbocycles. The first-order valence-corrected chi connectivity index (χ1v) is 6.35. The molecule has 4 N–H and O–H groups in total. The number of nitrogens with one attached hydrogen (secondary N) is 3. The molecular weight excluding hydrogens is 230 g/mol. The van der Waals surface area contributed by atoms with Crippen molar-refractivity contribution in [1.29, 1.82) is 0 Å². The zero-order chi connectivity index (χ0) is 12.5. The molecule has 2 atom stereocenters.